The lowest BCUT2D eigenvalue weighted by atomic mass is 9.93. The maximum absolute atomic E-state index is 2.48. The van der Waals surface area contributed by atoms with Crippen molar-refractivity contribution in [3.8, 4) is 5.69 Å². The predicted octanol–water partition coefficient (Wildman–Crippen LogP) is 6.04. The van der Waals surface area contributed by atoms with Crippen molar-refractivity contribution >= 4 is 27.3 Å². The largest absolute Gasteiger partial charge is 0.438 e. The molecule has 0 aliphatic carbocycles. The summed E-state index contributed by atoms with van der Waals surface area (Å²) in [5.74, 6) is 0.897. The first kappa shape index (κ1) is 19.5. The summed E-state index contributed by atoms with van der Waals surface area (Å²) >= 11 is 0. The number of benzene rings is 3. The van der Waals surface area contributed by atoms with Crippen molar-refractivity contribution in [2.75, 3.05) is 0 Å². The minimum absolute atomic E-state index is 0.449. The van der Waals surface area contributed by atoms with E-state index in [-0.39, 0.29) is 0 Å². The monoisotopic (exact) mass is 421 g/mol. The lowest BCUT2D eigenvalue weighted by Crippen LogP contribution is -2.42. The fourth-order valence-corrected chi connectivity index (χ4v) is 5.59. The molecular weight excluding hydrogens is 390 g/mol. The van der Waals surface area contributed by atoms with Crippen molar-refractivity contribution in [2.45, 2.75) is 59.9 Å². The lowest BCUT2D eigenvalue weighted by Gasteiger charge is -2.14. The van der Waals surface area contributed by atoms with Crippen LogP contribution >= 0.6 is 0 Å². The highest BCUT2D eigenvalue weighted by Crippen LogP contribution is 2.35. The molecule has 0 unspecified atom stereocenters. The molecule has 0 saturated heterocycles. The van der Waals surface area contributed by atoms with Gasteiger partial charge >= 0.3 is 12.0 Å². The van der Waals surface area contributed by atoms with Crippen molar-refractivity contribution in [1.82, 2.24) is 4.52 Å². The van der Waals surface area contributed by atoms with Gasteiger partial charge in [-0.15, -0.1) is 4.57 Å². The van der Waals surface area contributed by atoms with Crippen molar-refractivity contribution in [2.24, 2.45) is 0 Å². The number of nitrogens with zero attached hydrogens (tertiary/aromatic N) is 3. The van der Waals surface area contributed by atoms with E-state index < -0.39 is 0 Å². The molecule has 3 nitrogen and oxygen atoms in total. The molecule has 0 amide bonds. The summed E-state index contributed by atoms with van der Waals surface area (Å²) in [6, 6.07) is 18.4. The number of rotatable bonds is 3. The second-order valence-electron chi connectivity index (χ2n) is 10.1. The van der Waals surface area contributed by atoms with Gasteiger partial charge in [0, 0.05) is 27.5 Å². The Balaban J connectivity index is 1.88. The fraction of sp³-hybridized carbons (Fsp3) is 0.310. The summed E-state index contributed by atoms with van der Waals surface area (Å²) in [4.78, 5) is 0. The third-order valence-electron chi connectivity index (χ3n) is 7.35. The van der Waals surface area contributed by atoms with Crippen molar-refractivity contribution < 1.29 is 9.25 Å². The van der Waals surface area contributed by atoms with E-state index in [1.807, 2.05) is 0 Å². The Kier molecular flexibility index (Phi) is 4.05. The molecule has 0 fully saturated rings. The molecule has 0 N–H and O–H groups in total. The Hall–Kier alpha value is -3.20. The molecule has 3 heterocycles. The molecule has 1 aliphatic rings. The van der Waals surface area contributed by atoms with Gasteiger partial charge in [0.05, 0.1) is 5.39 Å². The van der Waals surface area contributed by atoms with Crippen LogP contribution in [-0.4, -0.2) is 4.52 Å². The van der Waals surface area contributed by atoms with Crippen LogP contribution in [-0.2, 0) is 6.54 Å². The first-order chi connectivity index (χ1) is 15.4. The molecule has 5 aromatic rings. The second kappa shape index (κ2) is 6.65. The summed E-state index contributed by atoms with van der Waals surface area (Å²) in [6.07, 6.45) is 2.33. The molecule has 1 aliphatic heterocycles. The average Bonchev–Trinajstić information content (AvgIpc) is 3.30. The number of hydrogen-bond acceptors (Lipinski definition) is 0. The molecule has 160 valence electrons. The van der Waals surface area contributed by atoms with Gasteiger partial charge in [-0.05, 0) is 58.1 Å². The topological polar surface area (TPSA) is 12.2 Å². The van der Waals surface area contributed by atoms with E-state index in [0.717, 1.165) is 6.54 Å². The van der Waals surface area contributed by atoms with Gasteiger partial charge in [0.2, 0.25) is 5.69 Å². The molecule has 3 aromatic carbocycles. The lowest BCUT2D eigenvalue weighted by molar-refractivity contribution is -0.759. The highest BCUT2D eigenvalue weighted by Gasteiger charge is 2.38. The molecule has 0 radical (unpaired) electrons. The van der Waals surface area contributed by atoms with E-state index in [9.17, 15) is 0 Å². The van der Waals surface area contributed by atoms with Crippen LogP contribution < -0.4 is 9.25 Å². The number of fused-ring (bicyclic) bond motifs is 3. The molecule has 2 aromatic heterocycles. The highest BCUT2D eigenvalue weighted by molar-refractivity contribution is 6.12. The molecule has 0 spiro atoms. The van der Waals surface area contributed by atoms with Gasteiger partial charge < -0.3 is 0 Å². The van der Waals surface area contributed by atoms with Gasteiger partial charge in [0.15, 0.2) is 6.54 Å². The third-order valence-corrected chi connectivity index (χ3v) is 7.35. The molecule has 6 rings (SSSR count). The Morgan fingerprint density at radius 1 is 0.812 bits per heavy atom. The molecule has 0 saturated carbocycles. The van der Waals surface area contributed by atoms with E-state index in [1.54, 1.807) is 0 Å². The van der Waals surface area contributed by atoms with Crippen LogP contribution in [0, 0.1) is 13.8 Å². The van der Waals surface area contributed by atoms with E-state index in [1.165, 1.54) is 60.8 Å². The van der Waals surface area contributed by atoms with Crippen LogP contribution in [0.3, 0.4) is 0 Å². The first-order valence-electron chi connectivity index (χ1n) is 11.8. The Bertz CT molecular complexity index is 1540. The number of aryl methyl sites for hydroxylation is 2. The van der Waals surface area contributed by atoms with Crippen LogP contribution in [0.5, 0.6) is 0 Å². The predicted molar refractivity (Wildman–Crippen MR) is 131 cm³/mol. The minimum Gasteiger partial charge on any atom is -0.115 e. The van der Waals surface area contributed by atoms with Gasteiger partial charge in [-0.3, -0.25) is 0 Å². The zero-order chi connectivity index (χ0) is 22.3. The minimum atomic E-state index is 0.449. The quantitative estimate of drug-likeness (QED) is 0.244. The molecule has 0 bridgehead atoms. The molecule has 0 atom stereocenters. The SMILES string of the molecule is Cc1cc2c3cccc4c3c3n(c2cc1C)[n+](-c1c(C(C)C)cccc1C(C)C)c[n+]3C4. The van der Waals surface area contributed by atoms with Gasteiger partial charge in [-0.25, -0.2) is 0 Å². The maximum Gasteiger partial charge on any atom is 0.438 e. The first-order valence-corrected chi connectivity index (χ1v) is 11.8. The van der Waals surface area contributed by atoms with Crippen molar-refractivity contribution in [1.29, 1.82) is 0 Å². The van der Waals surface area contributed by atoms with Gasteiger partial charge in [0.1, 0.15) is 5.52 Å². The summed E-state index contributed by atoms with van der Waals surface area (Å²) < 4.78 is 7.35. The van der Waals surface area contributed by atoms with Gasteiger partial charge in [-0.2, -0.15) is 0 Å². The van der Waals surface area contributed by atoms with Crippen LogP contribution in [0.1, 0.15) is 67.3 Å². The summed E-state index contributed by atoms with van der Waals surface area (Å²) in [5.41, 5.74) is 10.8. The van der Waals surface area contributed by atoms with Gasteiger partial charge in [0.25, 0.3) is 0 Å². The standard InChI is InChI=1S/C29H31N3/c1-17(2)22-10-8-11-23(18(3)4)28(22)31-16-30-15-21-9-7-12-24-25-13-19(5)20(6)14-26(25)32(31)29(30)27(21)24/h7-14,16-18H,15H2,1-6H3/q+2. The summed E-state index contributed by atoms with van der Waals surface area (Å²) in [7, 11) is 0. The zero-order valence-electron chi connectivity index (χ0n) is 19.9. The second-order valence-corrected chi connectivity index (χ2v) is 10.1. The highest BCUT2D eigenvalue weighted by atomic mass is 15.4. The van der Waals surface area contributed by atoms with E-state index >= 15 is 0 Å². The van der Waals surface area contributed by atoms with Crippen LogP contribution in [0.25, 0.3) is 33.0 Å². The van der Waals surface area contributed by atoms with E-state index in [0.29, 0.717) is 11.8 Å². The van der Waals surface area contributed by atoms with Crippen LogP contribution in [0.4, 0.5) is 0 Å². The fourth-order valence-electron chi connectivity index (χ4n) is 5.59. The number of hydrogen-bond donors (Lipinski definition) is 0. The Labute approximate surface area is 189 Å². The molecule has 32 heavy (non-hydrogen) atoms. The van der Waals surface area contributed by atoms with Crippen molar-refractivity contribution in [3.05, 3.63) is 82.7 Å². The number of para-hydroxylation sites is 1. The van der Waals surface area contributed by atoms with Gasteiger partial charge in [-0.1, -0.05) is 64.1 Å². The van der Waals surface area contributed by atoms with Crippen molar-refractivity contribution in [3.63, 3.8) is 0 Å². The van der Waals surface area contributed by atoms with E-state index in [2.05, 4.69) is 110 Å². The summed E-state index contributed by atoms with van der Waals surface area (Å²) in [6.45, 7) is 14.6. The number of aromatic nitrogens is 3. The average molecular weight is 422 g/mol. The smallest absolute Gasteiger partial charge is 0.115 e. The number of pyridine rings is 1. The summed E-state index contributed by atoms with van der Waals surface area (Å²) in [5, 5.41) is 4.10. The normalized spacial score (nSPS) is 13.1. The molecular formula is C29H31N3+2. The van der Waals surface area contributed by atoms with Crippen LogP contribution in [0.15, 0.2) is 54.9 Å². The third kappa shape index (κ3) is 2.48. The zero-order valence-corrected chi connectivity index (χ0v) is 19.9. The molecule has 3 heteroatoms. The van der Waals surface area contributed by atoms with Crippen LogP contribution in [0.2, 0.25) is 0 Å². The maximum atomic E-state index is 2.48. The Morgan fingerprint density at radius 3 is 2.16 bits per heavy atom. The van der Waals surface area contributed by atoms with E-state index in [4.69, 9.17) is 0 Å². The Morgan fingerprint density at radius 2 is 1.47 bits per heavy atom.